The van der Waals surface area contributed by atoms with E-state index in [-0.39, 0.29) is 30.0 Å². The van der Waals surface area contributed by atoms with Gasteiger partial charge in [0.05, 0.1) is 5.92 Å². The molecule has 2 aromatic heterocycles. The molecule has 1 aliphatic heterocycles. The van der Waals surface area contributed by atoms with E-state index in [1.807, 2.05) is 25.7 Å². The smallest absolute Gasteiger partial charge is 0.309 e. The standard InChI is InChI=1S/C18H24N4O4S/c1-11-9-14(23)22-17(19-11)27-13(20-22)10-26-15(24)12-5-7-21(8-6-12)16(25)18(2,3)4/h9,12H,5-8,10H2,1-4H3. The predicted molar refractivity (Wildman–Crippen MR) is 100 cm³/mol. The molecule has 1 fully saturated rings. The Balaban J connectivity index is 1.55. The summed E-state index contributed by atoms with van der Waals surface area (Å²) < 4.78 is 6.61. The molecule has 0 spiro atoms. The van der Waals surface area contributed by atoms with E-state index in [9.17, 15) is 14.4 Å². The molecule has 27 heavy (non-hydrogen) atoms. The van der Waals surface area contributed by atoms with Gasteiger partial charge in [-0.25, -0.2) is 4.98 Å². The Labute approximate surface area is 161 Å². The summed E-state index contributed by atoms with van der Waals surface area (Å²) in [7, 11) is 0. The van der Waals surface area contributed by atoms with E-state index in [4.69, 9.17) is 4.74 Å². The van der Waals surface area contributed by atoms with Crippen LogP contribution in [-0.4, -0.2) is 44.5 Å². The van der Waals surface area contributed by atoms with Gasteiger partial charge in [0, 0.05) is 30.3 Å². The minimum absolute atomic E-state index is 0.0203. The van der Waals surface area contributed by atoms with Gasteiger partial charge in [0.1, 0.15) is 6.61 Å². The molecule has 0 atom stereocenters. The number of carbonyl (C=O) groups excluding carboxylic acids is 2. The third-order valence-electron chi connectivity index (χ3n) is 4.51. The van der Waals surface area contributed by atoms with Crippen LogP contribution in [0, 0.1) is 18.3 Å². The average molecular weight is 392 g/mol. The number of amides is 1. The normalized spacial score (nSPS) is 15.9. The van der Waals surface area contributed by atoms with E-state index in [2.05, 4.69) is 10.1 Å². The molecular formula is C18H24N4O4S. The van der Waals surface area contributed by atoms with Crippen molar-refractivity contribution in [1.29, 1.82) is 0 Å². The van der Waals surface area contributed by atoms with Crippen LogP contribution < -0.4 is 5.56 Å². The molecule has 0 radical (unpaired) electrons. The molecular weight excluding hydrogens is 368 g/mol. The van der Waals surface area contributed by atoms with E-state index in [0.29, 0.717) is 41.6 Å². The Morgan fingerprint density at radius 3 is 2.59 bits per heavy atom. The largest absolute Gasteiger partial charge is 0.458 e. The maximum absolute atomic E-state index is 12.3. The average Bonchev–Trinajstić information content (AvgIpc) is 3.01. The predicted octanol–water partition coefficient (Wildman–Crippen LogP) is 1.79. The van der Waals surface area contributed by atoms with Crippen LogP contribution in [0.25, 0.3) is 4.96 Å². The Morgan fingerprint density at radius 1 is 1.30 bits per heavy atom. The van der Waals surface area contributed by atoms with Crippen molar-refractivity contribution in [3.63, 3.8) is 0 Å². The number of rotatable bonds is 3. The second-order valence-electron chi connectivity index (χ2n) is 7.85. The first-order valence-electron chi connectivity index (χ1n) is 8.97. The molecule has 1 aliphatic rings. The molecule has 1 amide bonds. The van der Waals surface area contributed by atoms with Gasteiger partial charge < -0.3 is 9.64 Å². The molecule has 0 aliphatic carbocycles. The highest BCUT2D eigenvalue weighted by Gasteiger charge is 2.33. The fourth-order valence-electron chi connectivity index (χ4n) is 3.06. The van der Waals surface area contributed by atoms with Crippen LogP contribution in [0.5, 0.6) is 0 Å². The lowest BCUT2D eigenvalue weighted by Gasteiger charge is -2.34. The number of hydrogen-bond acceptors (Lipinski definition) is 7. The quantitative estimate of drug-likeness (QED) is 0.739. The van der Waals surface area contributed by atoms with E-state index in [0.717, 1.165) is 0 Å². The topological polar surface area (TPSA) is 93.9 Å². The van der Waals surface area contributed by atoms with E-state index < -0.39 is 5.41 Å². The molecule has 1 saturated heterocycles. The second-order valence-corrected chi connectivity index (χ2v) is 8.89. The fraction of sp³-hybridized carbons (Fsp3) is 0.611. The number of aromatic nitrogens is 3. The van der Waals surface area contributed by atoms with Crippen molar-refractivity contribution in [2.24, 2.45) is 11.3 Å². The summed E-state index contributed by atoms with van der Waals surface area (Å²) in [4.78, 5) is 43.1. The summed E-state index contributed by atoms with van der Waals surface area (Å²) in [5, 5.41) is 4.69. The van der Waals surface area contributed by atoms with E-state index >= 15 is 0 Å². The summed E-state index contributed by atoms with van der Waals surface area (Å²) in [5.74, 6) is -0.392. The summed E-state index contributed by atoms with van der Waals surface area (Å²) >= 11 is 1.23. The van der Waals surface area contributed by atoms with Gasteiger partial charge in [0.2, 0.25) is 10.9 Å². The van der Waals surface area contributed by atoms with Gasteiger partial charge in [0.25, 0.3) is 5.56 Å². The molecule has 9 heteroatoms. The van der Waals surface area contributed by atoms with Crippen molar-refractivity contribution < 1.29 is 14.3 Å². The lowest BCUT2D eigenvalue weighted by Crippen LogP contribution is -2.45. The van der Waals surface area contributed by atoms with Gasteiger partial charge in [-0.2, -0.15) is 9.61 Å². The summed E-state index contributed by atoms with van der Waals surface area (Å²) in [5.41, 5.74) is -0.0315. The molecule has 0 bridgehead atoms. The highest BCUT2D eigenvalue weighted by Crippen LogP contribution is 2.24. The third-order valence-corrected chi connectivity index (χ3v) is 5.39. The van der Waals surface area contributed by atoms with Crippen LogP contribution in [-0.2, 0) is 20.9 Å². The van der Waals surface area contributed by atoms with Gasteiger partial charge >= 0.3 is 5.97 Å². The molecule has 146 valence electrons. The molecule has 3 rings (SSSR count). The zero-order chi connectivity index (χ0) is 19.8. The number of ether oxygens (including phenoxy) is 1. The first kappa shape index (κ1) is 19.5. The van der Waals surface area contributed by atoms with Crippen LogP contribution in [0.2, 0.25) is 0 Å². The van der Waals surface area contributed by atoms with Gasteiger partial charge in [-0.15, -0.1) is 0 Å². The molecule has 0 N–H and O–H groups in total. The van der Waals surface area contributed by atoms with Crippen LogP contribution >= 0.6 is 11.3 Å². The number of likely N-dealkylation sites (tertiary alicyclic amines) is 1. The minimum atomic E-state index is -0.412. The Hall–Kier alpha value is -2.29. The number of nitrogens with zero attached hydrogens (tertiary/aromatic N) is 4. The number of hydrogen-bond donors (Lipinski definition) is 0. The number of esters is 1. The van der Waals surface area contributed by atoms with Gasteiger partial charge in [0.15, 0.2) is 5.01 Å². The van der Waals surface area contributed by atoms with Crippen molar-refractivity contribution in [3.05, 3.63) is 27.1 Å². The summed E-state index contributed by atoms with van der Waals surface area (Å²) in [6.45, 7) is 8.59. The van der Waals surface area contributed by atoms with Crippen molar-refractivity contribution in [2.45, 2.75) is 47.1 Å². The van der Waals surface area contributed by atoms with E-state index in [1.54, 1.807) is 6.92 Å². The van der Waals surface area contributed by atoms with Crippen molar-refractivity contribution in [2.75, 3.05) is 13.1 Å². The highest BCUT2D eigenvalue weighted by molar-refractivity contribution is 7.16. The first-order valence-corrected chi connectivity index (χ1v) is 9.79. The number of carbonyl (C=O) groups is 2. The Kier molecular flexibility index (Phi) is 5.32. The van der Waals surface area contributed by atoms with Gasteiger partial charge in [-0.1, -0.05) is 32.1 Å². The lowest BCUT2D eigenvalue weighted by molar-refractivity contribution is -0.154. The second kappa shape index (κ2) is 7.38. The first-order chi connectivity index (χ1) is 12.6. The molecule has 8 nitrogen and oxygen atoms in total. The monoisotopic (exact) mass is 392 g/mol. The Bertz CT molecular complexity index is 920. The maximum Gasteiger partial charge on any atom is 0.309 e. The third kappa shape index (κ3) is 4.35. The molecule has 0 unspecified atom stereocenters. The van der Waals surface area contributed by atoms with E-state index in [1.165, 1.54) is 21.9 Å². The Morgan fingerprint density at radius 2 is 1.96 bits per heavy atom. The van der Waals surface area contributed by atoms with Crippen LogP contribution in [0.4, 0.5) is 0 Å². The van der Waals surface area contributed by atoms with Crippen molar-refractivity contribution in [1.82, 2.24) is 19.5 Å². The van der Waals surface area contributed by atoms with Crippen LogP contribution in [0.3, 0.4) is 0 Å². The zero-order valence-corrected chi connectivity index (χ0v) is 16.8. The molecule has 3 heterocycles. The number of aryl methyl sites for hydroxylation is 1. The van der Waals surface area contributed by atoms with Gasteiger partial charge in [-0.05, 0) is 19.8 Å². The summed E-state index contributed by atoms with van der Waals surface area (Å²) in [6.07, 6.45) is 1.20. The maximum atomic E-state index is 12.3. The SMILES string of the molecule is Cc1cc(=O)n2nc(COC(=O)C3CCN(C(=O)C(C)(C)C)CC3)sc2n1. The van der Waals surface area contributed by atoms with Crippen LogP contribution in [0.15, 0.2) is 10.9 Å². The van der Waals surface area contributed by atoms with Gasteiger partial charge in [-0.3, -0.25) is 14.4 Å². The molecule has 0 saturated carbocycles. The summed E-state index contributed by atoms with van der Waals surface area (Å²) in [6, 6.07) is 1.41. The number of fused-ring (bicyclic) bond motifs is 1. The zero-order valence-electron chi connectivity index (χ0n) is 16.0. The highest BCUT2D eigenvalue weighted by atomic mass is 32.1. The fourth-order valence-corrected chi connectivity index (χ4v) is 3.92. The van der Waals surface area contributed by atoms with Crippen molar-refractivity contribution in [3.8, 4) is 0 Å². The van der Waals surface area contributed by atoms with Crippen LogP contribution in [0.1, 0.15) is 44.3 Å². The number of piperidine rings is 1. The molecule has 0 aromatic carbocycles. The van der Waals surface area contributed by atoms with Crippen molar-refractivity contribution >= 4 is 28.2 Å². The molecule has 2 aromatic rings. The minimum Gasteiger partial charge on any atom is -0.458 e. The lowest BCUT2D eigenvalue weighted by atomic mass is 9.91.